The van der Waals surface area contributed by atoms with Gasteiger partial charge in [-0.3, -0.25) is 0 Å². The summed E-state index contributed by atoms with van der Waals surface area (Å²) >= 11 is 0. The van der Waals surface area contributed by atoms with Crippen molar-refractivity contribution in [3.8, 4) is 0 Å². The fraction of sp³-hybridized carbons (Fsp3) is 1.00. The van der Waals surface area contributed by atoms with Crippen LogP contribution in [-0.4, -0.2) is 7.28 Å². The van der Waals surface area contributed by atoms with Gasteiger partial charge in [-0.2, -0.15) is 0 Å². The summed E-state index contributed by atoms with van der Waals surface area (Å²) in [6.07, 6.45) is 35.0. The van der Waals surface area contributed by atoms with Crippen LogP contribution in [0.5, 0.6) is 0 Å². The molecule has 0 aromatic rings. The molecule has 0 aliphatic heterocycles. The Hall–Kier alpha value is 0.0649. The first-order valence-electron chi connectivity index (χ1n) is 12.9. The highest BCUT2D eigenvalue weighted by molar-refractivity contribution is 6.39. The van der Waals surface area contributed by atoms with Gasteiger partial charge in [-0.1, -0.05) is 159 Å². The summed E-state index contributed by atoms with van der Waals surface area (Å²) in [5.41, 5.74) is 0. The van der Waals surface area contributed by atoms with Crippen molar-refractivity contribution in [2.45, 2.75) is 159 Å². The first kappa shape index (κ1) is 22.4. The second kappa shape index (κ2) is 16.1. The summed E-state index contributed by atoms with van der Waals surface area (Å²) in [5.74, 6) is 2.13. The van der Waals surface area contributed by atoms with Crippen molar-refractivity contribution < 1.29 is 0 Å². The molecule has 26 heavy (non-hydrogen) atoms. The van der Waals surface area contributed by atoms with Gasteiger partial charge in [-0.25, -0.2) is 0 Å². The quantitative estimate of drug-likeness (QED) is 0.431. The molecule has 0 atom stereocenters. The van der Waals surface area contributed by atoms with E-state index in [-0.39, 0.29) is 0 Å². The van der Waals surface area contributed by atoms with Crippen LogP contribution in [0.1, 0.15) is 148 Å². The van der Waals surface area contributed by atoms with Crippen molar-refractivity contribution in [3.63, 3.8) is 0 Å². The van der Waals surface area contributed by atoms with E-state index < -0.39 is 0 Å². The fourth-order valence-electron chi connectivity index (χ4n) is 5.62. The first-order valence-corrected chi connectivity index (χ1v) is 12.9. The minimum Gasteiger partial charge on any atom is -0.0654 e. The molecule has 152 valence electrons. The zero-order chi connectivity index (χ0) is 18.1. The van der Waals surface area contributed by atoms with Crippen LogP contribution >= 0.6 is 0 Å². The highest BCUT2D eigenvalue weighted by Crippen LogP contribution is 2.33. The number of hydrogen-bond donors (Lipinski definition) is 0. The minimum atomic E-state index is 1.06. The van der Waals surface area contributed by atoms with Gasteiger partial charge in [0.05, 0.1) is 0 Å². The molecule has 2 aliphatic rings. The predicted octanol–water partition coefficient (Wildman–Crippen LogP) is 9.00. The molecule has 2 aliphatic carbocycles. The molecule has 2 rings (SSSR count). The lowest BCUT2D eigenvalue weighted by atomic mass is 9.50. The molecule has 0 aromatic carbocycles. The normalized spacial score (nSPS) is 25.7. The summed E-state index contributed by atoms with van der Waals surface area (Å²) < 4.78 is 0. The second-order valence-electron chi connectivity index (χ2n) is 9.84. The van der Waals surface area contributed by atoms with Gasteiger partial charge in [0.15, 0.2) is 0 Å². The van der Waals surface area contributed by atoms with Gasteiger partial charge in [-0.05, 0) is 0 Å². The number of hydrogen-bond acceptors (Lipinski definition) is 0. The van der Waals surface area contributed by atoms with E-state index in [9.17, 15) is 0 Å². The van der Waals surface area contributed by atoms with E-state index in [0.29, 0.717) is 0 Å². The average molecular weight is 360 g/mol. The molecular weight excluding hydrogens is 311 g/mol. The molecule has 1 heteroatoms. The SMILES string of the molecule is B(C1CCCCCCCCCCCCCC1)C1CCCCCCCCC1. The molecule has 0 spiro atoms. The Morgan fingerprint density at radius 2 is 0.462 bits per heavy atom. The molecule has 0 nitrogen and oxygen atoms in total. The summed E-state index contributed by atoms with van der Waals surface area (Å²) in [6, 6.07) is 0. The topological polar surface area (TPSA) is 0 Å². The molecule has 0 amide bonds. The van der Waals surface area contributed by atoms with E-state index in [1.54, 1.807) is 33.0 Å². The maximum absolute atomic E-state index is 1.58. The molecule has 0 N–H and O–H groups in total. The average Bonchev–Trinajstić information content (AvgIpc) is 2.67. The highest BCUT2D eigenvalue weighted by Gasteiger charge is 2.18. The Kier molecular flexibility index (Phi) is 13.8. The van der Waals surface area contributed by atoms with E-state index in [4.69, 9.17) is 0 Å². The van der Waals surface area contributed by atoms with Gasteiger partial charge in [0.1, 0.15) is 7.28 Å². The van der Waals surface area contributed by atoms with Crippen LogP contribution in [0.15, 0.2) is 0 Å². The van der Waals surface area contributed by atoms with Gasteiger partial charge in [0.25, 0.3) is 0 Å². The van der Waals surface area contributed by atoms with Crippen LogP contribution in [0.4, 0.5) is 0 Å². The number of rotatable bonds is 2. The van der Waals surface area contributed by atoms with Crippen LogP contribution < -0.4 is 0 Å². The summed E-state index contributed by atoms with van der Waals surface area (Å²) in [4.78, 5) is 0. The van der Waals surface area contributed by atoms with E-state index in [2.05, 4.69) is 0 Å². The Labute approximate surface area is 166 Å². The van der Waals surface area contributed by atoms with Crippen molar-refractivity contribution >= 4 is 7.28 Å². The van der Waals surface area contributed by atoms with Crippen molar-refractivity contribution in [2.24, 2.45) is 0 Å². The van der Waals surface area contributed by atoms with Gasteiger partial charge in [0.2, 0.25) is 0 Å². The zero-order valence-corrected chi connectivity index (χ0v) is 18.1. The monoisotopic (exact) mass is 360 g/mol. The van der Waals surface area contributed by atoms with Crippen LogP contribution in [0.2, 0.25) is 11.6 Å². The fourth-order valence-corrected chi connectivity index (χ4v) is 5.62. The molecular formula is C25H49B. The van der Waals surface area contributed by atoms with Gasteiger partial charge < -0.3 is 0 Å². The standard InChI is InChI=1S/C25H49B/c1-2-4-6-9-13-17-21-24(20-16-12-8-5-3-1)26-25-22-18-14-10-7-11-15-19-23-25/h24-26H,1-23H2. The molecule has 0 unspecified atom stereocenters. The van der Waals surface area contributed by atoms with Crippen molar-refractivity contribution in [1.29, 1.82) is 0 Å². The summed E-state index contributed by atoms with van der Waals surface area (Å²) in [6.45, 7) is 0. The third kappa shape index (κ3) is 11.7. The van der Waals surface area contributed by atoms with E-state index in [1.807, 2.05) is 0 Å². The van der Waals surface area contributed by atoms with Gasteiger partial charge >= 0.3 is 0 Å². The Morgan fingerprint density at radius 3 is 0.692 bits per heavy atom. The van der Waals surface area contributed by atoms with Gasteiger partial charge in [-0.15, -0.1) is 0 Å². The molecule has 0 bridgehead atoms. The summed E-state index contributed by atoms with van der Waals surface area (Å²) in [5, 5.41) is 0. The van der Waals surface area contributed by atoms with Gasteiger partial charge in [0, 0.05) is 0 Å². The second-order valence-corrected chi connectivity index (χ2v) is 9.84. The first-order chi connectivity index (χ1) is 12.9. The lowest BCUT2D eigenvalue weighted by molar-refractivity contribution is 0.492. The molecule has 2 saturated carbocycles. The van der Waals surface area contributed by atoms with Crippen molar-refractivity contribution in [2.75, 3.05) is 0 Å². The summed E-state index contributed by atoms with van der Waals surface area (Å²) in [7, 11) is 1.58. The smallest absolute Gasteiger partial charge is 0.0654 e. The van der Waals surface area contributed by atoms with E-state index >= 15 is 0 Å². The van der Waals surface area contributed by atoms with Crippen molar-refractivity contribution in [3.05, 3.63) is 0 Å². The molecule has 0 aromatic heterocycles. The Bertz CT molecular complexity index is 275. The highest BCUT2D eigenvalue weighted by atomic mass is 14.1. The van der Waals surface area contributed by atoms with E-state index in [0.717, 1.165) is 11.6 Å². The van der Waals surface area contributed by atoms with Crippen LogP contribution in [0.3, 0.4) is 0 Å². The van der Waals surface area contributed by atoms with Crippen LogP contribution in [-0.2, 0) is 0 Å². The van der Waals surface area contributed by atoms with Crippen LogP contribution in [0, 0.1) is 0 Å². The lowest BCUT2D eigenvalue weighted by Crippen LogP contribution is -2.13. The molecule has 2 fully saturated rings. The molecule has 0 saturated heterocycles. The lowest BCUT2D eigenvalue weighted by Gasteiger charge is -2.23. The van der Waals surface area contributed by atoms with Crippen LogP contribution in [0.25, 0.3) is 0 Å². The van der Waals surface area contributed by atoms with Crippen molar-refractivity contribution in [1.82, 2.24) is 0 Å². The third-order valence-electron chi connectivity index (χ3n) is 7.37. The maximum atomic E-state index is 1.58. The molecule has 0 radical (unpaired) electrons. The minimum absolute atomic E-state index is 1.06. The third-order valence-corrected chi connectivity index (χ3v) is 7.37. The Morgan fingerprint density at radius 1 is 0.269 bits per heavy atom. The van der Waals surface area contributed by atoms with E-state index in [1.165, 1.54) is 122 Å². The predicted molar refractivity (Wildman–Crippen MR) is 121 cm³/mol. The maximum Gasteiger partial charge on any atom is 0.127 e. The molecule has 0 heterocycles. The Balaban J connectivity index is 1.75. The largest absolute Gasteiger partial charge is 0.127 e. The zero-order valence-electron chi connectivity index (χ0n) is 18.1.